The van der Waals surface area contributed by atoms with E-state index in [0.29, 0.717) is 0 Å². The molecule has 16 rings (SSSR count). The highest BCUT2D eigenvalue weighted by atomic mass is 79.9. The van der Waals surface area contributed by atoms with Gasteiger partial charge in [-0.1, -0.05) is 394 Å². The van der Waals surface area contributed by atoms with Crippen LogP contribution in [0.25, 0.3) is 0 Å². The molecule has 16 aliphatic rings. The van der Waals surface area contributed by atoms with Gasteiger partial charge in [0.15, 0.2) is 0 Å². The molecule has 142 heavy (non-hydrogen) atoms. The lowest BCUT2D eigenvalue weighted by Crippen LogP contribution is -2.72. The van der Waals surface area contributed by atoms with Crippen LogP contribution in [0, 0.1) is 118 Å². The van der Waals surface area contributed by atoms with Crippen LogP contribution in [0.5, 0.6) is 0 Å². The van der Waals surface area contributed by atoms with Gasteiger partial charge in [-0.3, -0.25) is 19.6 Å². The molecule has 6 heteroatoms. The Kier molecular flexibility index (Phi) is 51.4. The lowest BCUT2D eigenvalue weighted by atomic mass is 9.44. The smallest absolute Gasteiger partial charge is 0.0147 e. The molecule has 16 saturated carbocycles. The van der Waals surface area contributed by atoms with Crippen LogP contribution in [0.4, 0.5) is 0 Å². The van der Waals surface area contributed by atoms with E-state index < -0.39 is 0 Å². The van der Waals surface area contributed by atoms with Gasteiger partial charge in [0.05, 0.1) is 0 Å². The zero-order chi connectivity index (χ0) is 97.8. The van der Waals surface area contributed by atoms with Gasteiger partial charge in [0.1, 0.15) is 0 Å². The maximum atomic E-state index is 4.45. The van der Waals surface area contributed by atoms with E-state index in [0.717, 1.165) is 201 Å². The molecule has 0 aromatic heterocycles. The average molecular weight is 2100 g/mol. The predicted octanol–water partition coefficient (Wildman–Crippen LogP) is 42.3. The minimum absolute atomic E-state index is 0.726. The van der Waals surface area contributed by atoms with Crippen LogP contribution in [-0.4, -0.2) is 102 Å². The molecule has 0 aromatic carbocycles. The fourth-order valence-electron chi connectivity index (χ4n) is 39.7. The number of hydrogen-bond acceptors (Lipinski definition) is 4. The normalized spacial score (nSPS) is 39.5. The SMILES string of the molecule is CCCCCCCCC1CCC(C2CCC(N(C3CCC(C4CCC(CCCCCCCC)CC4)CC3)C3CC(N(C4CCC(Br)CC4)C4CCC(CCCCCCCC)CC4)C4CCC5C6C(CCC3C46)C(N(C3CCC(Br)CC3)C3CCC(CCCCCCCC)CC3)CC5N(C3CCC(C4CCC(CCCCCCCC)CC4)CC3)C3CCC(C4CCC(CCCCCCCC)CC4)CC3)CC2)CC1. The summed E-state index contributed by atoms with van der Waals surface area (Å²) in [5.74, 6) is 19.6. The summed E-state index contributed by atoms with van der Waals surface area (Å²) in [5.41, 5.74) is 0. The summed E-state index contributed by atoms with van der Waals surface area (Å²) in [7, 11) is 0. The first-order valence-corrected chi connectivity index (χ1v) is 70.3. The fourth-order valence-corrected chi connectivity index (χ4v) is 40.8. The number of rotatable bonds is 58. The van der Waals surface area contributed by atoms with Crippen LogP contribution in [0.15, 0.2) is 0 Å². The second-order valence-electron chi connectivity index (χ2n) is 56.4. The van der Waals surface area contributed by atoms with Crippen molar-refractivity contribution in [3.8, 4) is 0 Å². The van der Waals surface area contributed by atoms with Crippen LogP contribution < -0.4 is 0 Å². The molecule has 0 saturated heterocycles. The standard InChI is InChI=1S/C136H244Br2N4/c1-7-13-19-25-31-37-43-103-49-61-109(62-50-103)113-69-85-121(86-70-113)141(122-87-71-114(72-88-122)110-63-51-104(52-64-110)44-38-32-26-20-14-8-2)133-101-131(139(125-93-77-117(137)78-94-125)119-81-57-107(58-82-119)47-41-35-29-23-17-11-5)127-98-100-130-134(102-132(128-97-99-129(133)135(127)136(128)130)140(126-95-79-118(138)80-96-126)120-83-59-108(60-84-120)48-42-36-30-24-18-12-6)142(123-89-73-115(74-90-123)111-65-53-105(54-66-111)45-39-33-27-21-15-9-3)124-91-75-116(76-92-124)112-67-55-106(56-68-112)46-40-34-28-22-16-10-4/h103-136H,7-102H2,1-6H3. The Morgan fingerprint density at radius 1 is 0.148 bits per heavy atom. The number of alkyl halides is 2. The highest BCUT2D eigenvalue weighted by molar-refractivity contribution is 9.09. The van der Waals surface area contributed by atoms with Crippen molar-refractivity contribution < 1.29 is 0 Å². The van der Waals surface area contributed by atoms with Gasteiger partial charge in [-0.05, 0) is 414 Å². The summed E-state index contributed by atoms with van der Waals surface area (Å²) in [6.45, 7) is 14.5. The Morgan fingerprint density at radius 3 is 0.451 bits per heavy atom. The van der Waals surface area contributed by atoms with Crippen LogP contribution in [0.1, 0.15) is 658 Å². The highest BCUT2D eigenvalue weighted by Gasteiger charge is 2.65. The predicted molar refractivity (Wildman–Crippen MR) is 625 cm³/mol. The Labute approximate surface area is 903 Å². The van der Waals surface area contributed by atoms with Gasteiger partial charge in [0.2, 0.25) is 0 Å². The highest BCUT2D eigenvalue weighted by Crippen LogP contribution is 2.66. The molecule has 16 fully saturated rings. The Hall–Kier alpha value is 0.800. The van der Waals surface area contributed by atoms with Gasteiger partial charge in [-0.2, -0.15) is 0 Å². The van der Waals surface area contributed by atoms with Crippen LogP contribution in [0.3, 0.4) is 0 Å². The van der Waals surface area contributed by atoms with Crippen molar-refractivity contribution in [1.29, 1.82) is 0 Å². The maximum absolute atomic E-state index is 4.45. The zero-order valence-corrected chi connectivity index (χ0v) is 99.2. The molecular formula is C136H244Br2N4. The summed E-state index contributed by atoms with van der Waals surface area (Å²) in [6.07, 6.45) is 146. The molecule has 0 radical (unpaired) electrons. The molecule has 0 aliphatic heterocycles. The minimum atomic E-state index is 0.726. The first-order valence-electron chi connectivity index (χ1n) is 68.4. The van der Waals surface area contributed by atoms with E-state index in [9.17, 15) is 0 Å². The van der Waals surface area contributed by atoms with Crippen LogP contribution in [0.2, 0.25) is 0 Å². The van der Waals surface area contributed by atoms with E-state index in [1.807, 2.05) is 0 Å². The Morgan fingerprint density at radius 2 is 0.282 bits per heavy atom. The average Bonchev–Trinajstić information content (AvgIpc) is 0.698. The van der Waals surface area contributed by atoms with Crippen molar-refractivity contribution in [2.45, 2.75) is 740 Å². The van der Waals surface area contributed by atoms with Crippen LogP contribution in [-0.2, 0) is 0 Å². The van der Waals surface area contributed by atoms with Crippen molar-refractivity contribution in [3.63, 3.8) is 0 Å². The fraction of sp³-hybridized carbons (Fsp3) is 1.00. The number of unbranched alkanes of at least 4 members (excludes halogenated alkanes) is 30. The quantitative estimate of drug-likeness (QED) is 0.0444. The van der Waals surface area contributed by atoms with E-state index in [4.69, 9.17) is 0 Å². The molecule has 4 nitrogen and oxygen atoms in total. The monoisotopic (exact) mass is 2090 g/mol. The van der Waals surface area contributed by atoms with Crippen LogP contribution >= 0.6 is 31.9 Å². The van der Waals surface area contributed by atoms with Gasteiger partial charge in [0, 0.05) is 82.2 Å². The third-order valence-electron chi connectivity index (χ3n) is 47.8. The lowest BCUT2D eigenvalue weighted by molar-refractivity contribution is -0.197. The topological polar surface area (TPSA) is 13.0 Å². The molecule has 16 aliphatic carbocycles. The second-order valence-corrected chi connectivity index (χ2v) is 59.0. The van der Waals surface area contributed by atoms with Crippen molar-refractivity contribution in [1.82, 2.24) is 19.6 Å². The van der Waals surface area contributed by atoms with Crippen molar-refractivity contribution in [3.05, 3.63) is 0 Å². The Balaban J connectivity index is 0.756. The van der Waals surface area contributed by atoms with Gasteiger partial charge in [0.25, 0.3) is 0 Å². The van der Waals surface area contributed by atoms with E-state index in [2.05, 4.69) is 93.0 Å². The molecule has 0 amide bonds. The third kappa shape index (κ3) is 33.5. The lowest BCUT2D eigenvalue weighted by Gasteiger charge is -2.69. The minimum Gasteiger partial charge on any atom is -0.294 e. The molecule has 0 heterocycles. The number of halogens is 2. The molecule has 10 atom stereocenters. The van der Waals surface area contributed by atoms with E-state index >= 15 is 0 Å². The second kappa shape index (κ2) is 63.3. The first-order chi connectivity index (χ1) is 70.0. The van der Waals surface area contributed by atoms with E-state index in [-0.39, 0.29) is 0 Å². The van der Waals surface area contributed by atoms with Gasteiger partial charge < -0.3 is 0 Å². The zero-order valence-electron chi connectivity index (χ0n) is 96.1. The molecule has 0 aromatic rings. The van der Waals surface area contributed by atoms with Crippen molar-refractivity contribution >= 4 is 31.9 Å². The third-order valence-corrected chi connectivity index (χ3v) is 49.6. The summed E-state index contributed by atoms with van der Waals surface area (Å²) < 4.78 is 0. The van der Waals surface area contributed by atoms with Crippen molar-refractivity contribution in [2.24, 2.45) is 118 Å². The molecule has 10 unspecified atom stereocenters. The maximum Gasteiger partial charge on any atom is 0.0147 e. The summed E-state index contributed by atoms with van der Waals surface area (Å²) in [6, 6.07) is 9.59. The van der Waals surface area contributed by atoms with Gasteiger partial charge >= 0.3 is 0 Å². The molecule has 0 N–H and O–H groups in total. The molecule has 0 spiro atoms. The summed E-state index contributed by atoms with van der Waals surface area (Å²) >= 11 is 8.90. The summed E-state index contributed by atoms with van der Waals surface area (Å²) in [4.78, 5) is 16.5. The molecular weight excluding hydrogens is 1850 g/mol. The van der Waals surface area contributed by atoms with E-state index in [1.165, 1.54) is 321 Å². The van der Waals surface area contributed by atoms with Gasteiger partial charge in [-0.25, -0.2) is 0 Å². The summed E-state index contributed by atoms with van der Waals surface area (Å²) in [5, 5.41) is 0. The largest absolute Gasteiger partial charge is 0.294 e. The molecule has 822 valence electrons. The van der Waals surface area contributed by atoms with E-state index in [1.54, 1.807) is 295 Å². The number of nitrogens with zero attached hydrogens (tertiary/aromatic N) is 4. The number of hydrogen-bond donors (Lipinski definition) is 0. The van der Waals surface area contributed by atoms with Crippen molar-refractivity contribution in [2.75, 3.05) is 0 Å². The first kappa shape index (κ1) is 115. The molecule has 0 bridgehead atoms. The van der Waals surface area contributed by atoms with Gasteiger partial charge in [-0.15, -0.1) is 0 Å². The Bertz CT molecular complexity index is 2860.